The highest BCUT2D eigenvalue weighted by Crippen LogP contribution is 2.41. The molecule has 0 bridgehead atoms. The van der Waals surface area contributed by atoms with E-state index in [1.165, 1.54) is 0 Å². The van der Waals surface area contributed by atoms with Crippen LogP contribution in [-0.2, 0) is 19.7 Å². The number of hydrogen-bond acceptors (Lipinski definition) is 7. The summed E-state index contributed by atoms with van der Waals surface area (Å²) < 4.78 is 32.0. The largest absolute Gasteiger partial charge is 0.481 e. The van der Waals surface area contributed by atoms with Crippen molar-refractivity contribution in [1.29, 1.82) is 0 Å². The van der Waals surface area contributed by atoms with Crippen molar-refractivity contribution < 1.29 is 32.8 Å². The molecule has 0 fully saturated rings. The van der Waals surface area contributed by atoms with Gasteiger partial charge in [-0.25, -0.2) is 0 Å². The topological polar surface area (TPSA) is 234 Å². The zero-order valence-electron chi connectivity index (χ0n) is 19.8. The van der Waals surface area contributed by atoms with E-state index < -0.39 is 39.1 Å². The lowest BCUT2D eigenvalue weighted by molar-refractivity contribution is -0.153. The van der Waals surface area contributed by atoms with Gasteiger partial charge >= 0.3 is 11.9 Å². The predicted molar refractivity (Wildman–Crippen MR) is 124 cm³/mol. The highest BCUT2D eigenvalue weighted by atomic mass is 32.2. The van der Waals surface area contributed by atoms with Crippen LogP contribution in [0.1, 0.15) is 91.9 Å². The van der Waals surface area contributed by atoms with Crippen LogP contribution in [0.5, 0.6) is 0 Å². The van der Waals surface area contributed by atoms with E-state index in [0.29, 0.717) is 25.7 Å². The SMILES string of the molecule is CCCCC(CC)CC(C(=O)O)C(CC(CC)CCCC)(C(=O)O)S(=O)(=O)O.N.N.N. The molecule has 0 saturated carbocycles. The number of aliphatic carboxylic acids is 2. The Morgan fingerprint density at radius 3 is 1.55 bits per heavy atom. The van der Waals surface area contributed by atoms with Crippen molar-refractivity contribution in [2.24, 2.45) is 17.8 Å². The summed E-state index contributed by atoms with van der Waals surface area (Å²) in [6, 6.07) is 0. The summed E-state index contributed by atoms with van der Waals surface area (Å²) in [7, 11) is -5.15. The molecule has 31 heavy (non-hydrogen) atoms. The van der Waals surface area contributed by atoms with Crippen LogP contribution in [0.25, 0.3) is 0 Å². The fraction of sp³-hybridized carbons (Fsp3) is 0.900. The first-order valence-electron chi connectivity index (χ1n) is 10.4. The quantitative estimate of drug-likeness (QED) is 0.162. The normalized spacial score (nSPS) is 15.8. The molecule has 11 heteroatoms. The molecule has 0 aromatic carbocycles. The van der Waals surface area contributed by atoms with Crippen molar-refractivity contribution in [1.82, 2.24) is 18.5 Å². The minimum atomic E-state index is -5.15. The van der Waals surface area contributed by atoms with Crippen molar-refractivity contribution in [2.45, 2.75) is 96.7 Å². The molecule has 4 unspecified atom stereocenters. The van der Waals surface area contributed by atoms with Gasteiger partial charge in [0.25, 0.3) is 10.1 Å². The summed E-state index contributed by atoms with van der Waals surface area (Å²) in [4.78, 5) is 24.3. The van der Waals surface area contributed by atoms with E-state index >= 15 is 0 Å². The van der Waals surface area contributed by atoms with Crippen LogP contribution >= 0.6 is 0 Å². The monoisotopic (exact) mass is 473 g/mol. The molecular weight excluding hydrogens is 426 g/mol. The highest BCUT2D eigenvalue weighted by Gasteiger charge is 2.60. The smallest absolute Gasteiger partial charge is 0.328 e. The van der Waals surface area contributed by atoms with Gasteiger partial charge in [0, 0.05) is 0 Å². The molecule has 0 aromatic heterocycles. The first-order chi connectivity index (χ1) is 13.0. The number of unbranched alkanes of at least 4 members (excludes halogenated alkanes) is 2. The lowest BCUT2D eigenvalue weighted by Crippen LogP contribution is -2.56. The van der Waals surface area contributed by atoms with Gasteiger partial charge in [0.05, 0.1) is 5.92 Å². The molecule has 0 spiro atoms. The second-order valence-corrected chi connectivity index (χ2v) is 9.51. The Morgan fingerprint density at radius 1 is 0.839 bits per heavy atom. The number of carboxylic acids is 2. The molecule has 12 N–H and O–H groups in total. The van der Waals surface area contributed by atoms with Crippen LogP contribution in [0.15, 0.2) is 0 Å². The molecule has 0 aliphatic carbocycles. The molecule has 0 aromatic rings. The zero-order valence-corrected chi connectivity index (χ0v) is 20.6. The molecule has 190 valence electrons. The molecule has 0 rings (SSSR count). The molecule has 0 heterocycles. The van der Waals surface area contributed by atoms with E-state index in [0.717, 1.165) is 25.7 Å². The Balaban J connectivity index is -0.00000121. The van der Waals surface area contributed by atoms with Crippen molar-refractivity contribution in [3.8, 4) is 0 Å². The van der Waals surface area contributed by atoms with Crippen LogP contribution in [0.4, 0.5) is 0 Å². The summed E-state index contributed by atoms with van der Waals surface area (Å²) in [6.07, 6.45) is 5.37. The Kier molecular flexibility index (Phi) is 20.7. The van der Waals surface area contributed by atoms with Crippen molar-refractivity contribution >= 4 is 22.1 Å². The highest BCUT2D eigenvalue weighted by molar-refractivity contribution is 7.88. The van der Waals surface area contributed by atoms with Gasteiger partial charge in [-0.1, -0.05) is 79.1 Å². The minimum absolute atomic E-state index is 0. The molecule has 0 radical (unpaired) electrons. The van der Waals surface area contributed by atoms with Gasteiger partial charge in [0.1, 0.15) is 0 Å². The zero-order chi connectivity index (χ0) is 22.0. The van der Waals surface area contributed by atoms with Gasteiger partial charge in [-0.2, -0.15) is 8.42 Å². The first-order valence-corrected chi connectivity index (χ1v) is 11.9. The first kappa shape index (κ1) is 37.1. The van der Waals surface area contributed by atoms with E-state index in [1.54, 1.807) is 0 Å². The molecule has 10 nitrogen and oxygen atoms in total. The van der Waals surface area contributed by atoms with Crippen LogP contribution < -0.4 is 18.5 Å². The average Bonchev–Trinajstić information content (AvgIpc) is 2.61. The number of rotatable bonds is 16. The fourth-order valence-electron chi connectivity index (χ4n) is 3.95. The van der Waals surface area contributed by atoms with Gasteiger partial charge < -0.3 is 28.7 Å². The lowest BCUT2D eigenvalue weighted by atomic mass is 9.76. The third kappa shape index (κ3) is 10.3. The minimum Gasteiger partial charge on any atom is -0.481 e. The number of carboxylic acid groups (broad SMARTS) is 2. The van der Waals surface area contributed by atoms with E-state index in [4.69, 9.17) is 0 Å². The van der Waals surface area contributed by atoms with Crippen LogP contribution in [-0.4, -0.2) is 39.9 Å². The summed E-state index contributed by atoms with van der Waals surface area (Å²) in [5.74, 6) is -5.37. The second kappa shape index (κ2) is 17.3. The maximum atomic E-state index is 12.4. The Bertz CT molecular complexity index is 602. The van der Waals surface area contributed by atoms with Crippen LogP contribution in [0.2, 0.25) is 0 Å². The Morgan fingerprint density at radius 2 is 1.26 bits per heavy atom. The van der Waals surface area contributed by atoms with E-state index in [9.17, 15) is 32.8 Å². The summed E-state index contributed by atoms with van der Waals surface area (Å²) in [6.45, 7) is 7.67. The van der Waals surface area contributed by atoms with Gasteiger partial charge in [0.15, 0.2) is 0 Å². The van der Waals surface area contributed by atoms with Gasteiger partial charge in [-0.05, 0) is 24.7 Å². The molecular formula is C20H47N3O7S. The van der Waals surface area contributed by atoms with E-state index in [2.05, 4.69) is 0 Å². The molecule has 0 aliphatic heterocycles. The van der Waals surface area contributed by atoms with Gasteiger partial charge in [0.2, 0.25) is 4.75 Å². The average molecular weight is 474 g/mol. The summed E-state index contributed by atoms with van der Waals surface area (Å²) in [5.41, 5.74) is 0. The van der Waals surface area contributed by atoms with E-state index in [1.807, 2.05) is 27.7 Å². The third-order valence-corrected chi connectivity index (χ3v) is 7.48. The van der Waals surface area contributed by atoms with Crippen molar-refractivity contribution in [3.05, 3.63) is 0 Å². The molecule has 4 atom stereocenters. The van der Waals surface area contributed by atoms with Crippen LogP contribution in [0.3, 0.4) is 0 Å². The number of carbonyl (C=O) groups is 2. The third-order valence-electron chi connectivity index (χ3n) is 5.93. The predicted octanol–water partition coefficient (Wildman–Crippen LogP) is 5.10. The lowest BCUT2D eigenvalue weighted by Gasteiger charge is -2.36. The summed E-state index contributed by atoms with van der Waals surface area (Å²) >= 11 is 0. The molecule has 0 amide bonds. The van der Waals surface area contributed by atoms with E-state index in [-0.39, 0.29) is 36.7 Å². The Labute approximate surface area is 188 Å². The van der Waals surface area contributed by atoms with Crippen LogP contribution in [0, 0.1) is 17.8 Å². The molecule has 0 aliphatic rings. The Hall–Kier alpha value is -1.27. The maximum absolute atomic E-state index is 12.4. The second-order valence-electron chi connectivity index (χ2n) is 7.83. The fourth-order valence-corrected chi connectivity index (χ4v) is 5.18. The van der Waals surface area contributed by atoms with Crippen molar-refractivity contribution in [3.63, 3.8) is 0 Å². The maximum Gasteiger partial charge on any atom is 0.328 e. The van der Waals surface area contributed by atoms with Gasteiger partial charge in [-0.3, -0.25) is 14.1 Å². The van der Waals surface area contributed by atoms with Gasteiger partial charge in [-0.15, -0.1) is 0 Å². The molecule has 0 saturated heterocycles. The number of hydrogen-bond donors (Lipinski definition) is 6. The summed E-state index contributed by atoms with van der Waals surface area (Å²) in [5, 5.41) is 19.7. The standard InChI is InChI=1S/C20H38O7S.3H3N/c1-5-9-11-15(7-3)13-17(18(21)22)20(19(23)24,28(25,26)27)14-16(8-4)12-10-6-2;;;/h15-17H,5-14H2,1-4H3,(H,21,22)(H,23,24)(H,25,26,27);3*1H3. The van der Waals surface area contributed by atoms with Crippen molar-refractivity contribution in [2.75, 3.05) is 0 Å².